The van der Waals surface area contributed by atoms with Crippen LogP contribution in [0.3, 0.4) is 0 Å². The molecule has 0 aromatic carbocycles. The Morgan fingerprint density at radius 2 is 1.38 bits per heavy atom. The second kappa shape index (κ2) is 9.95. The van der Waals surface area contributed by atoms with Crippen molar-refractivity contribution in [2.45, 2.75) is 25.0 Å². The third kappa shape index (κ3) is 7.98. The van der Waals surface area contributed by atoms with Gasteiger partial charge >= 0.3 is 0 Å². The van der Waals surface area contributed by atoms with Crippen molar-refractivity contribution in [3.05, 3.63) is 0 Å². The van der Waals surface area contributed by atoms with Crippen LogP contribution in [0.25, 0.3) is 0 Å². The normalized spacial score (nSPS) is 17.1. The Morgan fingerprint density at radius 1 is 0.875 bits per heavy atom. The molecule has 2 atom stereocenters. The van der Waals surface area contributed by atoms with E-state index in [1.807, 2.05) is 0 Å². The molecule has 0 aromatic rings. The third-order valence-corrected chi connectivity index (χ3v) is 2.22. The van der Waals surface area contributed by atoms with Crippen molar-refractivity contribution in [1.82, 2.24) is 0 Å². The number of hydrogen-bond donors (Lipinski definition) is 5. The van der Waals surface area contributed by atoms with Crippen molar-refractivity contribution in [2.75, 3.05) is 33.0 Å². The van der Waals surface area contributed by atoms with Crippen molar-refractivity contribution in [3.63, 3.8) is 0 Å². The van der Waals surface area contributed by atoms with Gasteiger partial charge in [0.05, 0.1) is 38.6 Å². The van der Waals surface area contributed by atoms with Gasteiger partial charge in [0.2, 0.25) is 0 Å². The summed E-state index contributed by atoms with van der Waals surface area (Å²) >= 11 is 0. The van der Waals surface area contributed by atoms with Gasteiger partial charge in [0.15, 0.2) is 0 Å². The molecule has 2 unspecified atom stereocenters. The summed E-state index contributed by atoms with van der Waals surface area (Å²) in [4.78, 5) is 0. The van der Waals surface area contributed by atoms with Crippen LogP contribution in [0.15, 0.2) is 0 Å². The van der Waals surface area contributed by atoms with Crippen molar-refractivity contribution in [3.8, 4) is 0 Å². The first kappa shape index (κ1) is 15.8. The minimum atomic E-state index is -0.853. The zero-order chi connectivity index (χ0) is 12.4. The van der Waals surface area contributed by atoms with Gasteiger partial charge in [-0.3, -0.25) is 0 Å². The van der Waals surface area contributed by atoms with Crippen LogP contribution in [0, 0.1) is 5.92 Å². The largest absolute Gasteiger partial charge is 0.394 e. The van der Waals surface area contributed by atoms with Gasteiger partial charge in [-0.15, -0.1) is 0 Å². The maximum absolute atomic E-state index is 9.27. The van der Waals surface area contributed by atoms with Gasteiger partial charge in [0, 0.05) is 6.61 Å². The van der Waals surface area contributed by atoms with Crippen LogP contribution in [0.1, 0.15) is 12.8 Å². The Morgan fingerprint density at radius 3 is 1.75 bits per heavy atom. The number of hydrogen-bond acceptors (Lipinski definition) is 6. The Hall–Kier alpha value is -0.240. The van der Waals surface area contributed by atoms with E-state index in [4.69, 9.17) is 20.1 Å². The lowest BCUT2D eigenvalue weighted by Gasteiger charge is -2.21. The molecule has 6 nitrogen and oxygen atoms in total. The molecule has 0 aliphatic carbocycles. The fourth-order valence-electron chi connectivity index (χ4n) is 1.47. The second-order valence-corrected chi connectivity index (χ2v) is 3.81. The number of rotatable bonds is 10. The van der Waals surface area contributed by atoms with Crippen LogP contribution < -0.4 is 0 Å². The Balaban J connectivity index is 3.94. The predicted molar refractivity (Wildman–Crippen MR) is 56.8 cm³/mol. The number of aliphatic hydroxyl groups is 5. The van der Waals surface area contributed by atoms with Crippen LogP contribution >= 0.6 is 0 Å². The van der Waals surface area contributed by atoms with E-state index in [9.17, 15) is 10.2 Å². The van der Waals surface area contributed by atoms with Gasteiger partial charge in [-0.2, -0.15) is 0 Å². The molecular formula is C10H22O6. The fraction of sp³-hybridized carbons (Fsp3) is 1.00. The molecule has 0 radical (unpaired) electrons. The van der Waals surface area contributed by atoms with Gasteiger partial charge in [-0.05, 0) is 18.8 Å². The van der Waals surface area contributed by atoms with Crippen LogP contribution in [-0.4, -0.2) is 70.8 Å². The molecule has 0 bridgehead atoms. The summed E-state index contributed by atoms with van der Waals surface area (Å²) in [5.74, 6) is -0.157. The zero-order valence-corrected chi connectivity index (χ0v) is 9.33. The van der Waals surface area contributed by atoms with Crippen molar-refractivity contribution >= 4 is 0 Å². The van der Waals surface area contributed by atoms with Gasteiger partial charge < -0.3 is 30.3 Å². The predicted octanol–water partition coefficient (Wildman–Crippen LogP) is -1.90. The van der Waals surface area contributed by atoms with Crippen LogP contribution in [0.4, 0.5) is 0 Å². The highest BCUT2D eigenvalue weighted by Gasteiger charge is 2.18. The molecule has 0 aliphatic heterocycles. The molecule has 0 saturated heterocycles. The van der Waals surface area contributed by atoms with Crippen molar-refractivity contribution in [1.29, 1.82) is 0 Å². The fourth-order valence-corrected chi connectivity index (χ4v) is 1.47. The molecule has 6 heteroatoms. The van der Waals surface area contributed by atoms with E-state index in [2.05, 4.69) is 0 Å². The number of ether oxygens (including phenoxy) is 1. The highest BCUT2D eigenvalue weighted by Crippen LogP contribution is 2.14. The van der Waals surface area contributed by atoms with Gasteiger partial charge in [0.1, 0.15) is 0 Å². The molecule has 5 N–H and O–H groups in total. The molecule has 0 aliphatic rings. The molecule has 16 heavy (non-hydrogen) atoms. The average molecular weight is 238 g/mol. The topological polar surface area (TPSA) is 110 Å². The maximum Gasteiger partial charge on any atom is 0.0774 e. The average Bonchev–Trinajstić information content (AvgIpc) is 2.28. The van der Waals surface area contributed by atoms with Crippen LogP contribution in [0.5, 0.6) is 0 Å². The quantitative estimate of drug-likeness (QED) is 0.284. The first-order valence-corrected chi connectivity index (χ1v) is 5.40. The lowest BCUT2D eigenvalue weighted by molar-refractivity contribution is 0.00539. The summed E-state index contributed by atoms with van der Waals surface area (Å²) in [6.45, 7) is -0.301. The Kier molecular flexibility index (Phi) is 9.80. The highest BCUT2D eigenvalue weighted by atomic mass is 16.5. The third-order valence-electron chi connectivity index (χ3n) is 2.22. The van der Waals surface area contributed by atoms with E-state index in [0.29, 0.717) is 12.8 Å². The van der Waals surface area contributed by atoms with Crippen LogP contribution in [-0.2, 0) is 4.74 Å². The number of aliphatic hydroxyl groups excluding tert-OH is 5. The standard InChI is InChI=1S/C10H22O6/c11-1-2-16-7-8(3-9(14)5-12)4-10(15)6-13/h8-15H,1-7H2. The molecule has 0 heterocycles. The summed E-state index contributed by atoms with van der Waals surface area (Å²) in [7, 11) is 0. The van der Waals surface area contributed by atoms with E-state index in [1.165, 1.54) is 0 Å². The molecule has 0 amide bonds. The lowest BCUT2D eigenvalue weighted by atomic mass is 9.96. The van der Waals surface area contributed by atoms with Gasteiger partial charge in [0.25, 0.3) is 0 Å². The summed E-state index contributed by atoms with van der Waals surface area (Å²) in [6.07, 6.45) is -1.12. The minimum absolute atomic E-state index is 0.0855. The first-order chi connectivity index (χ1) is 7.63. The molecule has 98 valence electrons. The maximum atomic E-state index is 9.27. The summed E-state index contributed by atoms with van der Waals surface area (Å²) in [6, 6.07) is 0. The smallest absolute Gasteiger partial charge is 0.0774 e. The van der Waals surface area contributed by atoms with E-state index in [1.54, 1.807) is 0 Å². The molecule has 0 rings (SSSR count). The van der Waals surface area contributed by atoms with Crippen LogP contribution in [0.2, 0.25) is 0 Å². The van der Waals surface area contributed by atoms with Crippen molar-refractivity contribution in [2.24, 2.45) is 5.92 Å². The monoisotopic (exact) mass is 238 g/mol. The Labute approximate surface area is 95.1 Å². The summed E-state index contributed by atoms with van der Waals surface area (Å²) in [5.41, 5.74) is 0. The van der Waals surface area contributed by atoms with Gasteiger partial charge in [-0.25, -0.2) is 0 Å². The van der Waals surface area contributed by atoms with E-state index < -0.39 is 12.2 Å². The lowest BCUT2D eigenvalue weighted by Crippen LogP contribution is -2.26. The van der Waals surface area contributed by atoms with E-state index in [-0.39, 0.29) is 39.0 Å². The minimum Gasteiger partial charge on any atom is -0.394 e. The van der Waals surface area contributed by atoms with Crippen molar-refractivity contribution < 1.29 is 30.3 Å². The summed E-state index contributed by atoms with van der Waals surface area (Å²) in [5, 5.41) is 44.5. The summed E-state index contributed by atoms with van der Waals surface area (Å²) < 4.78 is 5.10. The molecule has 0 spiro atoms. The second-order valence-electron chi connectivity index (χ2n) is 3.81. The highest BCUT2D eigenvalue weighted by molar-refractivity contribution is 4.68. The molecule has 0 saturated carbocycles. The van der Waals surface area contributed by atoms with Gasteiger partial charge in [-0.1, -0.05) is 0 Å². The first-order valence-electron chi connectivity index (χ1n) is 5.40. The molecule has 0 aromatic heterocycles. The zero-order valence-electron chi connectivity index (χ0n) is 9.33. The van der Waals surface area contributed by atoms with E-state index >= 15 is 0 Å². The molecular weight excluding hydrogens is 216 g/mol. The molecule has 0 fully saturated rings. The SMILES string of the molecule is OCCOCC(CC(O)CO)CC(O)CO. The van der Waals surface area contributed by atoms with E-state index in [0.717, 1.165) is 0 Å². The Bertz CT molecular complexity index is 142.